The third-order valence-corrected chi connectivity index (χ3v) is 4.75. The molecule has 1 atom stereocenters. The molecule has 0 radical (unpaired) electrons. The molecule has 0 aliphatic heterocycles. The Morgan fingerprint density at radius 3 is 2.56 bits per heavy atom. The first-order valence-corrected chi connectivity index (χ1v) is 9.03. The van der Waals surface area contributed by atoms with E-state index in [-0.39, 0.29) is 11.9 Å². The predicted octanol–water partition coefficient (Wildman–Crippen LogP) is 2.81. The molecule has 3 amide bonds. The first-order valence-electron chi connectivity index (χ1n) is 8.65. The van der Waals surface area contributed by atoms with Crippen molar-refractivity contribution in [3.8, 4) is 5.75 Å². The standard InChI is InChI=1S/C18H26ClN3O3/c1-13(17(23)21-18(24)20-15-5-3-4-6-15)22(2)11-12-25-16-9-7-14(19)8-10-16/h7-10,13,15H,3-6,11-12H2,1-2H3,(H2,20,21,23,24)/t13-/m1/s1. The van der Waals surface area contributed by atoms with Crippen molar-refractivity contribution in [3.63, 3.8) is 0 Å². The van der Waals surface area contributed by atoms with Crippen LogP contribution in [0.25, 0.3) is 0 Å². The van der Waals surface area contributed by atoms with Gasteiger partial charge in [-0.25, -0.2) is 4.79 Å². The van der Waals surface area contributed by atoms with Crippen molar-refractivity contribution in [2.45, 2.75) is 44.7 Å². The summed E-state index contributed by atoms with van der Waals surface area (Å²) in [4.78, 5) is 25.9. The molecular formula is C18H26ClN3O3. The average Bonchev–Trinajstić information content (AvgIpc) is 3.08. The molecular weight excluding hydrogens is 342 g/mol. The lowest BCUT2D eigenvalue weighted by atomic mass is 10.2. The molecule has 1 saturated carbocycles. The maximum Gasteiger partial charge on any atom is 0.321 e. The van der Waals surface area contributed by atoms with E-state index in [2.05, 4.69) is 10.6 Å². The largest absolute Gasteiger partial charge is 0.492 e. The number of urea groups is 1. The number of carbonyl (C=O) groups is 2. The second-order valence-corrected chi connectivity index (χ2v) is 6.84. The molecule has 1 fully saturated rings. The molecule has 0 saturated heterocycles. The number of amides is 3. The number of benzene rings is 1. The average molecular weight is 368 g/mol. The number of nitrogens with zero attached hydrogens (tertiary/aromatic N) is 1. The van der Waals surface area contributed by atoms with Gasteiger partial charge in [-0.05, 0) is 51.1 Å². The second-order valence-electron chi connectivity index (χ2n) is 6.40. The monoisotopic (exact) mass is 367 g/mol. The zero-order valence-corrected chi connectivity index (χ0v) is 15.5. The Hall–Kier alpha value is -1.79. The zero-order chi connectivity index (χ0) is 18.2. The summed E-state index contributed by atoms with van der Waals surface area (Å²) in [6.45, 7) is 2.76. The highest BCUT2D eigenvalue weighted by atomic mass is 35.5. The molecule has 0 aromatic heterocycles. The molecule has 25 heavy (non-hydrogen) atoms. The van der Waals surface area contributed by atoms with Crippen LogP contribution in [0.1, 0.15) is 32.6 Å². The topological polar surface area (TPSA) is 70.7 Å². The summed E-state index contributed by atoms with van der Waals surface area (Å²) >= 11 is 5.83. The molecule has 138 valence electrons. The van der Waals surface area contributed by atoms with Crippen molar-refractivity contribution >= 4 is 23.5 Å². The predicted molar refractivity (Wildman–Crippen MR) is 98.0 cm³/mol. The van der Waals surface area contributed by atoms with E-state index in [4.69, 9.17) is 16.3 Å². The molecule has 1 aliphatic rings. The van der Waals surface area contributed by atoms with Gasteiger partial charge in [0.1, 0.15) is 12.4 Å². The highest BCUT2D eigenvalue weighted by molar-refractivity contribution is 6.30. The van der Waals surface area contributed by atoms with Gasteiger partial charge in [-0.2, -0.15) is 0 Å². The van der Waals surface area contributed by atoms with Gasteiger partial charge in [-0.1, -0.05) is 24.4 Å². The maximum atomic E-state index is 12.2. The van der Waals surface area contributed by atoms with Crippen LogP contribution < -0.4 is 15.4 Å². The van der Waals surface area contributed by atoms with E-state index >= 15 is 0 Å². The normalized spacial score (nSPS) is 15.8. The molecule has 0 unspecified atom stereocenters. The number of rotatable bonds is 7. The number of ether oxygens (including phenoxy) is 1. The quantitative estimate of drug-likeness (QED) is 0.777. The Morgan fingerprint density at radius 1 is 1.28 bits per heavy atom. The SMILES string of the molecule is C[C@H](C(=O)NC(=O)NC1CCCC1)N(C)CCOc1ccc(Cl)cc1. The number of halogens is 1. The number of carbonyl (C=O) groups excluding carboxylic acids is 2. The molecule has 0 bridgehead atoms. The van der Waals surface area contributed by atoms with Crippen LogP contribution in [0.2, 0.25) is 5.02 Å². The first kappa shape index (κ1) is 19.5. The van der Waals surface area contributed by atoms with Crippen LogP contribution in [0.3, 0.4) is 0 Å². The van der Waals surface area contributed by atoms with Crippen LogP contribution in [0.15, 0.2) is 24.3 Å². The molecule has 0 spiro atoms. The van der Waals surface area contributed by atoms with E-state index in [1.807, 2.05) is 11.9 Å². The van der Waals surface area contributed by atoms with E-state index in [1.165, 1.54) is 0 Å². The molecule has 1 aliphatic carbocycles. The van der Waals surface area contributed by atoms with Gasteiger partial charge < -0.3 is 10.1 Å². The lowest BCUT2D eigenvalue weighted by Crippen LogP contribution is -2.50. The van der Waals surface area contributed by atoms with Crippen LogP contribution >= 0.6 is 11.6 Å². The summed E-state index contributed by atoms with van der Waals surface area (Å²) in [5, 5.41) is 5.92. The molecule has 0 heterocycles. The number of hydrogen-bond donors (Lipinski definition) is 2. The van der Waals surface area contributed by atoms with Gasteiger partial charge >= 0.3 is 6.03 Å². The van der Waals surface area contributed by atoms with Crippen LogP contribution in [0.5, 0.6) is 5.75 Å². The number of imide groups is 1. The molecule has 1 aromatic rings. The molecule has 6 nitrogen and oxygen atoms in total. The van der Waals surface area contributed by atoms with Gasteiger partial charge in [0.15, 0.2) is 0 Å². The first-order chi connectivity index (χ1) is 12.0. The minimum Gasteiger partial charge on any atom is -0.492 e. The summed E-state index contributed by atoms with van der Waals surface area (Å²) in [6, 6.07) is 6.48. The van der Waals surface area contributed by atoms with Gasteiger partial charge in [0.2, 0.25) is 5.91 Å². The summed E-state index contributed by atoms with van der Waals surface area (Å²) in [7, 11) is 1.82. The van der Waals surface area contributed by atoms with E-state index in [0.29, 0.717) is 18.2 Å². The Balaban J connectivity index is 1.68. The number of nitrogens with one attached hydrogen (secondary N) is 2. The summed E-state index contributed by atoms with van der Waals surface area (Å²) < 4.78 is 5.62. The fraction of sp³-hybridized carbons (Fsp3) is 0.556. The minimum absolute atomic E-state index is 0.189. The minimum atomic E-state index is -0.428. The van der Waals surface area contributed by atoms with Crippen LogP contribution in [0, 0.1) is 0 Å². The Morgan fingerprint density at radius 2 is 1.92 bits per heavy atom. The van der Waals surface area contributed by atoms with Gasteiger partial charge in [-0.3, -0.25) is 15.0 Å². The Bertz CT molecular complexity index is 573. The van der Waals surface area contributed by atoms with Crippen molar-refractivity contribution in [2.24, 2.45) is 0 Å². The highest BCUT2D eigenvalue weighted by Crippen LogP contribution is 2.17. The zero-order valence-electron chi connectivity index (χ0n) is 14.8. The Labute approximate surface area is 153 Å². The lowest BCUT2D eigenvalue weighted by molar-refractivity contribution is -0.124. The van der Waals surface area contributed by atoms with Crippen molar-refractivity contribution < 1.29 is 14.3 Å². The van der Waals surface area contributed by atoms with Crippen molar-refractivity contribution in [3.05, 3.63) is 29.3 Å². The highest BCUT2D eigenvalue weighted by Gasteiger charge is 2.22. The molecule has 2 rings (SSSR count). The fourth-order valence-corrected chi connectivity index (χ4v) is 2.87. The smallest absolute Gasteiger partial charge is 0.321 e. The summed E-state index contributed by atoms with van der Waals surface area (Å²) in [5.41, 5.74) is 0. The third-order valence-electron chi connectivity index (χ3n) is 4.49. The number of likely N-dealkylation sites (N-methyl/N-ethyl adjacent to an activating group) is 1. The van der Waals surface area contributed by atoms with Crippen molar-refractivity contribution in [2.75, 3.05) is 20.2 Å². The van der Waals surface area contributed by atoms with Crippen LogP contribution in [-0.4, -0.2) is 49.1 Å². The lowest BCUT2D eigenvalue weighted by Gasteiger charge is -2.24. The molecule has 1 aromatic carbocycles. The third kappa shape index (κ3) is 6.55. The van der Waals surface area contributed by atoms with E-state index < -0.39 is 12.1 Å². The maximum absolute atomic E-state index is 12.2. The van der Waals surface area contributed by atoms with E-state index in [0.717, 1.165) is 31.4 Å². The van der Waals surface area contributed by atoms with Crippen LogP contribution in [-0.2, 0) is 4.79 Å². The van der Waals surface area contributed by atoms with Crippen molar-refractivity contribution in [1.82, 2.24) is 15.5 Å². The molecule has 7 heteroatoms. The van der Waals surface area contributed by atoms with E-state index in [1.54, 1.807) is 31.2 Å². The van der Waals surface area contributed by atoms with Gasteiger partial charge in [-0.15, -0.1) is 0 Å². The number of hydrogen-bond acceptors (Lipinski definition) is 4. The summed E-state index contributed by atoms with van der Waals surface area (Å²) in [5.74, 6) is 0.412. The van der Waals surface area contributed by atoms with E-state index in [9.17, 15) is 9.59 Å². The van der Waals surface area contributed by atoms with Gasteiger partial charge in [0.05, 0.1) is 6.04 Å². The van der Waals surface area contributed by atoms with Gasteiger partial charge in [0.25, 0.3) is 0 Å². The molecule has 2 N–H and O–H groups in total. The van der Waals surface area contributed by atoms with Crippen LogP contribution in [0.4, 0.5) is 4.79 Å². The fourth-order valence-electron chi connectivity index (χ4n) is 2.74. The summed E-state index contributed by atoms with van der Waals surface area (Å²) in [6.07, 6.45) is 4.23. The Kier molecular flexibility index (Phi) is 7.52. The second kappa shape index (κ2) is 9.63. The van der Waals surface area contributed by atoms with Crippen molar-refractivity contribution in [1.29, 1.82) is 0 Å². The van der Waals surface area contributed by atoms with Gasteiger partial charge in [0, 0.05) is 17.6 Å².